The third-order valence-electron chi connectivity index (χ3n) is 7.92. The number of hydrogen-bond donors (Lipinski definition) is 2. The summed E-state index contributed by atoms with van der Waals surface area (Å²) in [6.45, 7) is 11.7. The summed E-state index contributed by atoms with van der Waals surface area (Å²) in [6, 6.07) is 12.3. The van der Waals surface area contributed by atoms with E-state index in [0.717, 1.165) is 36.8 Å². The number of hydrogen-bond acceptors (Lipinski definition) is 8. The number of carbonyl (C=O) groups is 4. The fourth-order valence-corrected chi connectivity index (χ4v) is 5.59. The van der Waals surface area contributed by atoms with E-state index < -0.39 is 17.8 Å². The lowest BCUT2D eigenvalue weighted by Crippen LogP contribution is -2.49. The molecule has 2 saturated heterocycles. The molecule has 2 aromatic carbocycles. The topological polar surface area (TPSA) is 126 Å². The number of allylic oxidation sites excluding steroid dienone is 1. The maximum Gasteiger partial charge on any atom is 0.337 e. The van der Waals surface area contributed by atoms with E-state index >= 15 is 0 Å². The Morgan fingerprint density at radius 1 is 1.00 bits per heavy atom. The molecule has 228 valence electrons. The molecular weight excluding hydrogens is 562 g/mol. The largest absolute Gasteiger partial charge is 0.465 e. The van der Waals surface area contributed by atoms with E-state index in [1.807, 2.05) is 19.1 Å². The van der Waals surface area contributed by atoms with Gasteiger partial charge in [0.25, 0.3) is 5.70 Å². The Kier molecular flexibility index (Phi) is 9.29. The summed E-state index contributed by atoms with van der Waals surface area (Å²) in [5, 5.41) is 7.19. The second kappa shape index (κ2) is 13.5. The van der Waals surface area contributed by atoms with Crippen molar-refractivity contribution in [3.8, 4) is 0 Å². The van der Waals surface area contributed by atoms with E-state index in [9.17, 15) is 19.2 Å². The molecule has 5 rings (SSSR count). The zero-order valence-electron chi connectivity index (χ0n) is 24.9. The van der Waals surface area contributed by atoms with Crippen LogP contribution in [0.25, 0.3) is 15.8 Å². The lowest BCUT2D eigenvalue weighted by Gasteiger charge is -2.28. The molecule has 11 nitrogen and oxygen atoms in total. The maximum absolute atomic E-state index is 13.8. The van der Waals surface area contributed by atoms with Crippen molar-refractivity contribution in [2.24, 2.45) is 0 Å². The number of ketones is 1. The van der Waals surface area contributed by atoms with Crippen LogP contribution in [0.1, 0.15) is 58.6 Å². The van der Waals surface area contributed by atoms with Crippen molar-refractivity contribution in [3.63, 3.8) is 0 Å². The smallest absolute Gasteiger partial charge is 0.337 e. The van der Waals surface area contributed by atoms with Crippen LogP contribution in [0, 0.1) is 13.5 Å². The summed E-state index contributed by atoms with van der Waals surface area (Å²) in [5.41, 5.74) is 1.48. The van der Waals surface area contributed by atoms with Crippen LogP contribution in [-0.4, -0.2) is 72.7 Å². The number of furan rings is 1. The number of benzene rings is 2. The summed E-state index contributed by atoms with van der Waals surface area (Å²) in [5.74, 6) is -0.637. The van der Waals surface area contributed by atoms with Gasteiger partial charge in [-0.2, -0.15) is 0 Å². The third-order valence-corrected chi connectivity index (χ3v) is 7.92. The van der Waals surface area contributed by atoms with Gasteiger partial charge in [0.1, 0.15) is 23.2 Å². The molecule has 2 fully saturated rings. The van der Waals surface area contributed by atoms with Crippen LogP contribution in [0.4, 0.5) is 5.69 Å². The number of fused-ring (bicyclic) bond motifs is 1. The second-order valence-electron chi connectivity index (χ2n) is 11.0. The number of likely N-dealkylation sites (tertiary alicyclic amines) is 2. The van der Waals surface area contributed by atoms with Crippen molar-refractivity contribution in [1.29, 1.82) is 0 Å². The fourth-order valence-electron chi connectivity index (χ4n) is 5.59. The van der Waals surface area contributed by atoms with Crippen LogP contribution in [0.2, 0.25) is 0 Å². The third kappa shape index (κ3) is 6.75. The lowest BCUT2D eigenvalue weighted by atomic mass is 10.1. The second-order valence-corrected chi connectivity index (χ2v) is 11.0. The number of methoxy groups -OCH3 is 1. The Bertz CT molecular complexity index is 1640. The number of amides is 2. The van der Waals surface area contributed by atoms with E-state index in [-0.39, 0.29) is 41.0 Å². The van der Waals surface area contributed by atoms with Crippen molar-refractivity contribution in [2.75, 3.05) is 38.6 Å². The first-order valence-corrected chi connectivity index (χ1v) is 14.7. The first-order chi connectivity index (χ1) is 21.3. The normalized spacial score (nSPS) is 17.5. The molecule has 2 aliphatic heterocycles. The SMILES string of the molecule is [C-]#[N+]/C(C(=O)c1ccc(C(=O)OC)cc1)=C(\Nc1ccc2oc(C)cc2c1)N[C@H]1CCCCN(CC(=O)N2CCCC2)C1=O. The molecule has 1 aromatic heterocycles. The summed E-state index contributed by atoms with van der Waals surface area (Å²) < 4.78 is 10.4. The average molecular weight is 598 g/mol. The van der Waals surface area contributed by atoms with Crippen molar-refractivity contribution in [2.45, 2.75) is 45.1 Å². The highest BCUT2D eigenvalue weighted by atomic mass is 16.5. The van der Waals surface area contributed by atoms with Crippen molar-refractivity contribution >= 4 is 40.2 Å². The van der Waals surface area contributed by atoms with Crippen LogP contribution < -0.4 is 10.6 Å². The van der Waals surface area contributed by atoms with Crippen LogP contribution in [0.3, 0.4) is 0 Å². The average Bonchev–Trinajstić information content (AvgIpc) is 3.67. The van der Waals surface area contributed by atoms with E-state index in [2.05, 4.69) is 15.5 Å². The van der Waals surface area contributed by atoms with Gasteiger partial charge in [-0.05, 0) is 75.4 Å². The van der Waals surface area contributed by atoms with Crippen LogP contribution in [0.15, 0.2) is 64.5 Å². The number of anilines is 1. The number of nitrogens with zero attached hydrogens (tertiary/aromatic N) is 3. The molecule has 11 heteroatoms. The maximum atomic E-state index is 13.8. The quantitative estimate of drug-likeness (QED) is 0.160. The molecular formula is C33H35N5O6. The first kappa shape index (κ1) is 30.4. The first-order valence-electron chi connectivity index (χ1n) is 14.7. The summed E-state index contributed by atoms with van der Waals surface area (Å²) in [6.07, 6.45) is 3.86. The molecule has 0 unspecified atom stereocenters. The summed E-state index contributed by atoms with van der Waals surface area (Å²) in [4.78, 5) is 59.2. The van der Waals surface area contributed by atoms with Gasteiger partial charge < -0.3 is 34.4 Å². The van der Waals surface area contributed by atoms with E-state index in [1.165, 1.54) is 31.4 Å². The Labute approximate surface area is 255 Å². The van der Waals surface area contributed by atoms with Gasteiger partial charge in [0, 0.05) is 36.3 Å². The minimum atomic E-state index is -0.766. The molecule has 2 N–H and O–H groups in total. The van der Waals surface area contributed by atoms with Crippen molar-refractivity contribution in [3.05, 3.63) is 88.4 Å². The molecule has 2 aliphatic rings. The Morgan fingerprint density at radius 3 is 2.41 bits per heavy atom. The molecule has 3 aromatic rings. The van der Waals surface area contributed by atoms with Crippen molar-refractivity contribution in [1.82, 2.24) is 15.1 Å². The number of nitrogens with one attached hydrogen (secondary N) is 2. The monoisotopic (exact) mass is 597 g/mol. The Hall–Kier alpha value is -5.11. The minimum absolute atomic E-state index is 0.00114. The standard InChI is InChI=1S/C33H35N5O6/c1-21-18-24-19-25(13-14-27(24)44-21)35-31(29(34-2)30(40)22-9-11-23(12-10-22)33(42)43-3)36-26-8-4-5-17-38(32(26)41)20-28(39)37-15-6-7-16-37/h9-14,18-19,26,35-36H,4-8,15-17,20H2,1,3H3/b31-29+/t26-/m0/s1. The molecule has 0 bridgehead atoms. The van der Waals surface area contributed by atoms with Crippen LogP contribution in [-0.2, 0) is 14.3 Å². The van der Waals surface area contributed by atoms with Gasteiger partial charge in [0.2, 0.25) is 11.8 Å². The molecule has 0 spiro atoms. The predicted molar refractivity (Wildman–Crippen MR) is 163 cm³/mol. The molecule has 1 atom stereocenters. The summed E-state index contributed by atoms with van der Waals surface area (Å²) >= 11 is 0. The van der Waals surface area contributed by atoms with E-state index in [1.54, 1.807) is 21.9 Å². The van der Waals surface area contributed by atoms with Gasteiger partial charge in [-0.1, -0.05) is 12.1 Å². The molecule has 44 heavy (non-hydrogen) atoms. The fraction of sp³-hybridized carbons (Fsp3) is 0.364. The highest BCUT2D eigenvalue weighted by Crippen LogP contribution is 2.25. The van der Waals surface area contributed by atoms with E-state index in [4.69, 9.17) is 15.7 Å². The molecule has 0 radical (unpaired) electrons. The van der Waals surface area contributed by atoms with Gasteiger partial charge in [-0.3, -0.25) is 9.59 Å². The van der Waals surface area contributed by atoms with E-state index in [0.29, 0.717) is 37.3 Å². The summed E-state index contributed by atoms with van der Waals surface area (Å²) in [7, 11) is 1.27. The van der Waals surface area contributed by atoms with Gasteiger partial charge >= 0.3 is 5.97 Å². The van der Waals surface area contributed by atoms with Gasteiger partial charge in [0.15, 0.2) is 5.78 Å². The minimum Gasteiger partial charge on any atom is -0.465 e. The number of ether oxygens (including phenoxy) is 1. The molecule has 2 amide bonds. The zero-order valence-corrected chi connectivity index (χ0v) is 24.9. The zero-order chi connectivity index (χ0) is 31.2. The number of Topliss-reactive ketones (excluding diaryl/α,β-unsaturated/α-hetero) is 1. The van der Waals surface area contributed by atoms with Crippen LogP contribution in [0.5, 0.6) is 0 Å². The highest BCUT2D eigenvalue weighted by Gasteiger charge is 2.32. The molecule has 0 saturated carbocycles. The van der Waals surface area contributed by atoms with Crippen molar-refractivity contribution < 1.29 is 28.3 Å². The Balaban J connectivity index is 1.47. The lowest BCUT2D eigenvalue weighted by molar-refractivity contribution is -0.140. The highest BCUT2D eigenvalue weighted by molar-refractivity contribution is 6.11. The van der Waals surface area contributed by atoms with Crippen LogP contribution >= 0.6 is 0 Å². The number of carbonyl (C=O) groups excluding carboxylic acids is 4. The molecule has 3 heterocycles. The number of aryl methyl sites for hydroxylation is 1. The van der Waals surface area contributed by atoms with Gasteiger partial charge in [0.05, 0.1) is 25.8 Å². The number of rotatable bonds is 9. The Morgan fingerprint density at radius 2 is 1.70 bits per heavy atom. The van der Waals surface area contributed by atoms with Gasteiger partial charge in [-0.15, -0.1) is 0 Å². The predicted octanol–water partition coefficient (Wildman–Crippen LogP) is 4.50. The van der Waals surface area contributed by atoms with Gasteiger partial charge in [-0.25, -0.2) is 9.64 Å². The molecule has 0 aliphatic carbocycles. The number of esters is 1.